The van der Waals surface area contributed by atoms with Gasteiger partial charge in [0.15, 0.2) is 0 Å². The fourth-order valence-electron chi connectivity index (χ4n) is 3.42. The largest absolute Gasteiger partial charge is 0.391 e. The molecule has 19 heavy (non-hydrogen) atoms. The first-order chi connectivity index (χ1) is 9.34. The number of fused-ring (bicyclic) bond motifs is 3. The van der Waals surface area contributed by atoms with Gasteiger partial charge in [-0.2, -0.15) is 0 Å². The molecule has 0 saturated heterocycles. The summed E-state index contributed by atoms with van der Waals surface area (Å²) < 4.78 is 0. The van der Waals surface area contributed by atoms with Gasteiger partial charge in [-0.1, -0.05) is 12.8 Å². The Morgan fingerprint density at radius 1 is 1.32 bits per heavy atom. The van der Waals surface area contributed by atoms with Crippen molar-refractivity contribution < 1.29 is 5.11 Å². The van der Waals surface area contributed by atoms with E-state index in [1.807, 2.05) is 12.4 Å². The summed E-state index contributed by atoms with van der Waals surface area (Å²) in [6.07, 6.45) is 7.91. The number of aromatic amines is 1. The molecule has 5 nitrogen and oxygen atoms in total. The highest BCUT2D eigenvalue weighted by atomic mass is 16.3. The molecule has 2 aliphatic rings. The molecule has 0 unspecified atom stereocenters. The molecule has 3 heterocycles. The number of rotatable bonds is 1. The van der Waals surface area contributed by atoms with Crippen LogP contribution in [0.3, 0.4) is 0 Å². The van der Waals surface area contributed by atoms with E-state index in [-0.39, 0.29) is 12.1 Å². The van der Waals surface area contributed by atoms with Gasteiger partial charge in [0, 0.05) is 11.6 Å². The number of aliphatic hydroxyl groups is 1. The van der Waals surface area contributed by atoms with Crippen molar-refractivity contribution in [1.82, 2.24) is 9.97 Å². The van der Waals surface area contributed by atoms with Gasteiger partial charge in [-0.25, -0.2) is 4.98 Å². The number of nitrogens with one attached hydrogen (secondary N) is 2. The number of hydrogen-bond acceptors (Lipinski definition) is 4. The van der Waals surface area contributed by atoms with E-state index in [2.05, 4.69) is 26.3 Å². The van der Waals surface area contributed by atoms with Crippen molar-refractivity contribution in [3.05, 3.63) is 18.5 Å². The molecular weight excluding hydrogens is 240 g/mol. The van der Waals surface area contributed by atoms with Crippen molar-refractivity contribution in [3.8, 4) is 0 Å². The van der Waals surface area contributed by atoms with Crippen LogP contribution in [-0.4, -0.2) is 33.9 Å². The van der Waals surface area contributed by atoms with Crippen LogP contribution in [0.25, 0.3) is 11.0 Å². The fourth-order valence-corrected chi connectivity index (χ4v) is 3.42. The molecular formula is C14H18N4O. The molecule has 0 amide bonds. The molecule has 0 radical (unpaired) electrons. The number of nitrogens with zero attached hydrogens (tertiary/aromatic N) is 2. The first kappa shape index (κ1) is 11.1. The van der Waals surface area contributed by atoms with E-state index in [1.165, 1.54) is 12.1 Å². The molecule has 2 atom stereocenters. The maximum atomic E-state index is 10.3. The van der Waals surface area contributed by atoms with Gasteiger partial charge in [0.25, 0.3) is 0 Å². The average molecular weight is 258 g/mol. The second kappa shape index (κ2) is 4.13. The molecule has 0 spiro atoms. The van der Waals surface area contributed by atoms with Crippen molar-refractivity contribution in [2.45, 2.75) is 37.8 Å². The van der Waals surface area contributed by atoms with Crippen LogP contribution >= 0.6 is 0 Å². The van der Waals surface area contributed by atoms with Crippen LogP contribution in [0.1, 0.15) is 25.7 Å². The topological polar surface area (TPSA) is 64.2 Å². The first-order valence-corrected chi connectivity index (χ1v) is 6.99. The monoisotopic (exact) mass is 258 g/mol. The summed E-state index contributed by atoms with van der Waals surface area (Å²) in [5.41, 5.74) is 3.18. The number of aliphatic hydroxyl groups excluding tert-OH is 1. The van der Waals surface area contributed by atoms with E-state index in [0.29, 0.717) is 0 Å². The lowest BCUT2D eigenvalue weighted by molar-refractivity contribution is 0.105. The number of anilines is 2. The standard InChI is InChI=1S/C14H18N4O/c19-12-4-2-1-3-11(12)18-8-17-10-7-16-14-9(13(10)18)5-6-15-14/h5-7,11-12,17,19H,1-4,8H2,(H,15,16)/t11-,12+/m0/s1. The van der Waals surface area contributed by atoms with E-state index < -0.39 is 0 Å². The zero-order valence-corrected chi connectivity index (χ0v) is 10.8. The predicted octanol–water partition coefficient (Wildman–Crippen LogP) is 2.06. The molecule has 1 fully saturated rings. The number of hydrogen-bond donors (Lipinski definition) is 3. The number of H-pyrrole nitrogens is 1. The molecule has 100 valence electrons. The molecule has 1 aliphatic heterocycles. The Morgan fingerprint density at radius 2 is 2.21 bits per heavy atom. The van der Waals surface area contributed by atoms with Crippen LogP contribution in [0.15, 0.2) is 18.5 Å². The zero-order valence-electron chi connectivity index (χ0n) is 10.8. The minimum absolute atomic E-state index is 0.219. The maximum absolute atomic E-state index is 10.3. The van der Waals surface area contributed by atoms with E-state index in [4.69, 9.17) is 0 Å². The van der Waals surface area contributed by atoms with Crippen LogP contribution in [0.2, 0.25) is 0 Å². The quantitative estimate of drug-likeness (QED) is 0.732. The second-order valence-electron chi connectivity index (χ2n) is 5.48. The Hall–Kier alpha value is -1.75. The Labute approximate surface area is 111 Å². The summed E-state index contributed by atoms with van der Waals surface area (Å²) in [5, 5.41) is 14.8. The van der Waals surface area contributed by atoms with Gasteiger partial charge in [-0.3, -0.25) is 0 Å². The van der Waals surface area contributed by atoms with Gasteiger partial charge < -0.3 is 20.3 Å². The first-order valence-electron chi connectivity index (χ1n) is 6.99. The molecule has 0 aromatic carbocycles. The van der Waals surface area contributed by atoms with Gasteiger partial charge >= 0.3 is 0 Å². The van der Waals surface area contributed by atoms with Crippen LogP contribution < -0.4 is 10.2 Å². The fraction of sp³-hybridized carbons (Fsp3) is 0.500. The highest BCUT2D eigenvalue weighted by molar-refractivity contribution is 5.98. The molecule has 5 heteroatoms. The Bertz CT molecular complexity index is 609. The van der Waals surface area contributed by atoms with Gasteiger partial charge in [0.1, 0.15) is 5.65 Å². The van der Waals surface area contributed by atoms with Gasteiger partial charge in [-0.05, 0) is 18.9 Å². The van der Waals surface area contributed by atoms with Gasteiger partial charge in [0.05, 0.1) is 36.4 Å². The second-order valence-corrected chi connectivity index (χ2v) is 5.48. The summed E-state index contributed by atoms with van der Waals surface area (Å²) in [5.74, 6) is 0. The van der Waals surface area contributed by atoms with E-state index in [0.717, 1.165) is 42.7 Å². The molecule has 3 N–H and O–H groups in total. The predicted molar refractivity (Wildman–Crippen MR) is 75.3 cm³/mol. The van der Waals surface area contributed by atoms with Gasteiger partial charge in [-0.15, -0.1) is 0 Å². The molecule has 0 bridgehead atoms. The molecule has 1 aliphatic carbocycles. The smallest absolute Gasteiger partial charge is 0.139 e. The van der Waals surface area contributed by atoms with E-state index in [9.17, 15) is 5.11 Å². The third-order valence-electron chi connectivity index (χ3n) is 4.38. The molecule has 4 rings (SSSR count). The Balaban J connectivity index is 1.80. The lowest BCUT2D eigenvalue weighted by Gasteiger charge is -2.36. The van der Waals surface area contributed by atoms with Crippen molar-refractivity contribution in [1.29, 1.82) is 0 Å². The van der Waals surface area contributed by atoms with E-state index in [1.54, 1.807) is 0 Å². The summed E-state index contributed by atoms with van der Waals surface area (Å²) >= 11 is 0. The Kier molecular flexibility index (Phi) is 2.41. The minimum Gasteiger partial charge on any atom is -0.391 e. The van der Waals surface area contributed by atoms with Crippen molar-refractivity contribution in [3.63, 3.8) is 0 Å². The number of pyridine rings is 1. The summed E-state index contributed by atoms with van der Waals surface area (Å²) in [6.45, 7) is 0.767. The molecule has 2 aromatic heterocycles. The molecule has 2 aromatic rings. The highest BCUT2D eigenvalue weighted by Crippen LogP contribution is 2.40. The van der Waals surface area contributed by atoms with Crippen molar-refractivity contribution in [2.24, 2.45) is 0 Å². The van der Waals surface area contributed by atoms with Crippen molar-refractivity contribution in [2.75, 3.05) is 16.9 Å². The van der Waals surface area contributed by atoms with Crippen LogP contribution in [0.5, 0.6) is 0 Å². The van der Waals surface area contributed by atoms with E-state index >= 15 is 0 Å². The lowest BCUT2D eigenvalue weighted by Crippen LogP contribution is -2.45. The maximum Gasteiger partial charge on any atom is 0.139 e. The van der Waals surface area contributed by atoms with Crippen LogP contribution in [0.4, 0.5) is 11.4 Å². The molecule has 1 saturated carbocycles. The third kappa shape index (κ3) is 1.61. The minimum atomic E-state index is -0.219. The SMILES string of the molecule is O[C@@H]1CCCC[C@@H]1N1CNc2cnc3[nH]ccc3c21. The van der Waals surface area contributed by atoms with Crippen LogP contribution in [0, 0.1) is 0 Å². The van der Waals surface area contributed by atoms with Crippen molar-refractivity contribution >= 4 is 22.4 Å². The summed E-state index contributed by atoms with van der Waals surface area (Å²) in [7, 11) is 0. The summed E-state index contributed by atoms with van der Waals surface area (Å²) in [4.78, 5) is 9.88. The third-order valence-corrected chi connectivity index (χ3v) is 4.38. The average Bonchev–Trinajstić information content (AvgIpc) is 3.04. The normalized spacial score (nSPS) is 26.5. The highest BCUT2D eigenvalue weighted by Gasteiger charge is 2.34. The summed E-state index contributed by atoms with van der Waals surface area (Å²) in [6, 6.07) is 2.29. The number of aromatic nitrogens is 2. The zero-order chi connectivity index (χ0) is 12.8. The van der Waals surface area contributed by atoms with Gasteiger partial charge in [0.2, 0.25) is 0 Å². The lowest BCUT2D eigenvalue weighted by atomic mass is 9.91. The Morgan fingerprint density at radius 3 is 3.11 bits per heavy atom. The van der Waals surface area contributed by atoms with Crippen LogP contribution in [-0.2, 0) is 0 Å².